The van der Waals surface area contributed by atoms with Crippen LogP contribution in [-0.2, 0) is 13.0 Å². The minimum atomic E-state index is -0.371. The smallest absolute Gasteiger partial charge is 0.274 e. The first-order valence-electron chi connectivity index (χ1n) is 10.8. The van der Waals surface area contributed by atoms with Gasteiger partial charge < -0.3 is 0 Å². The Bertz CT molecular complexity index is 1250. The monoisotopic (exact) mass is 431 g/mol. The molecule has 0 radical (unpaired) electrons. The van der Waals surface area contributed by atoms with Gasteiger partial charge in [-0.2, -0.15) is 0 Å². The molecule has 9 nitrogen and oxygen atoms in total. The van der Waals surface area contributed by atoms with Gasteiger partial charge in [0.2, 0.25) is 0 Å². The zero-order valence-corrected chi connectivity index (χ0v) is 18.2. The second-order valence-corrected chi connectivity index (χ2v) is 7.62. The van der Waals surface area contributed by atoms with Gasteiger partial charge in [0, 0.05) is 18.4 Å². The minimum absolute atomic E-state index is 0.259. The van der Waals surface area contributed by atoms with Crippen LogP contribution in [0.2, 0.25) is 0 Å². The van der Waals surface area contributed by atoms with Gasteiger partial charge in [-0.05, 0) is 46.0 Å². The van der Waals surface area contributed by atoms with E-state index in [1.165, 1.54) is 0 Å². The number of aryl methyl sites for hydroxylation is 1. The number of nitrogens with zero attached hydrogens (tertiary/aromatic N) is 6. The summed E-state index contributed by atoms with van der Waals surface area (Å²) < 4.78 is 2.62. The predicted molar refractivity (Wildman–Crippen MR) is 120 cm³/mol. The third-order valence-electron chi connectivity index (χ3n) is 5.22. The van der Waals surface area contributed by atoms with Gasteiger partial charge in [0.15, 0.2) is 5.82 Å². The van der Waals surface area contributed by atoms with Crippen LogP contribution in [0.3, 0.4) is 0 Å². The lowest BCUT2D eigenvalue weighted by atomic mass is 10.0. The van der Waals surface area contributed by atoms with Crippen molar-refractivity contribution in [3.8, 4) is 22.5 Å². The summed E-state index contributed by atoms with van der Waals surface area (Å²) in [6, 6.07) is 16.0. The van der Waals surface area contributed by atoms with E-state index in [1.54, 1.807) is 4.57 Å². The van der Waals surface area contributed by atoms with Crippen molar-refractivity contribution in [2.24, 2.45) is 0 Å². The van der Waals surface area contributed by atoms with Crippen LogP contribution in [0.15, 0.2) is 53.3 Å². The van der Waals surface area contributed by atoms with E-state index in [0.717, 1.165) is 33.4 Å². The Morgan fingerprint density at radius 3 is 2.47 bits per heavy atom. The Labute approximate surface area is 185 Å². The molecule has 0 aliphatic rings. The average molecular weight is 432 g/mol. The van der Waals surface area contributed by atoms with Crippen LogP contribution in [0.1, 0.15) is 49.3 Å². The molecule has 2 heterocycles. The Morgan fingerprint density at radius 2 is 1.78 bits per heavy atom. The summed E-state index contributed by atoms with van der Waals surface area (Å²) in [5.41, 5.74) is 3.57. The first kappa shape index (κ1) is 21.4. The minimum Gasteiger partial charge on any atom is -0.274 e. The van der Waals surface area contributed by atoms with Gasteiger partial charge in [-0.3, -0.25) is 9.36 Å². The van der Waals surface area contributed by atoms with Crippen LogP contribution >= 0.6 is 0 Å². The topological polar surface area (TPSA) is 111 Å². The van der Waals surface area contributed by atoms with E-state index < -0.39 is 0 Å². The average Bonchev–Trinajstić information content (AvgIpc) is 3.45. The predicted octanol–water partition coefficient (Wildman–Crippen LogP) is 3.33. The fourth-order valence-electron chi connectivity index (χ4n) is 3.60. The molecule has 0 atom stereocenters. The Balaban J connectivity index is 1.59. The van der Waals surface area contributed by atoms with Gasteiger partial charge in [0.1, 0.15) is 5.82 Å². The maximum atomic E-state index is 12.8. The largest absolute Gasteiger partial charge is 0.353 e. The fourth-order valence-corrected chi connectivity index (χ4v) is 3.60. The third kappa shape index (κ3) is 4.41. The van der Waals surface area contributed by atoms with Gasteiger partial charge in [-0.1, -0.05) is 56.3 Å². The molecule has 2 aromatic carbocycles. The molecule has 2 aromatic heterocycles. The van der Waals surface area contributed by atoms with Gasteiger partial charge in [0.05, 0.1) is 6.54 Å². The van der Waals surface area contributed by atoms with Crippen LogP contribution in [0.25, 0.3) is 22.5 Å². The highest BCUT2D eigenvalue weighted by Gasteiger charge is 2.17. The van der Waals surface area contributed by atoms with Crippen LogP contribution < -0.4 is 5.69 Å². The number of aromatic amines is 1. The quantitative estimate of drug-likeness (QED) is 0.458. The van der Waals surface area contributed by atoms with Crippen molar-refractivity contribution in [3.05, 3.63) is 70.4 Å². The van der Waals surface area contributed by atoms with Gasteiger partial charge in [0.25, 0.3) is 5.91 Å². The number of nitrogens with one attached hydrogen (secondary N) is 1. The molecular formula is C23H25N7O2. The van der Waals surface area contributed by atoms with E-state index in [-0.39, 0.29) is 11.6 Å². The molecule has 164 valence electrons. The van der Waals surface area contributed by atoms with E-state index in [4.69, 9.17) is 0 Å². The Hall–Kier alpha value is -3.88. The number of carbonyl (C=O) groups is 1. The summed E-state index contributed by atoms with van der Waals surface area (Å²) in [7, 11) is 0. The van der Waals surface area contributed by atoms with Gasteiger partial charge in [-0.15, -0.1) is 14.9 Å². The van der Waals surface area contributed by atoms with Crippen molar-refractivity contribution in [3.63, 3.8) is 0 Å². The number of H-pyrrole nitrogens is 1. The Kier molecular flexibility index (Phi) is 6.34. The van der Waals surface area contributed by atoms with Crippen molar-refractivity contribution in [1.82, 2.24) is 35.0 Å². The number of hydrogen-bond donors (Lipinski definition) is 1. The summed E-state index contributed by atoms with van der Waals surface area (Å²) in [6.07, 6.45) is 2.47. The highest BCUT2D eigenvalue weighted by molar-refractivity contribution is 5.77. The molecule has 1 N–H and O–H groups in total. The summed E-state index contributed by atoms with van der Waals surface area (Å²) >= 11 is 0. The zero-order chi connectivity index (χ0) is 22.5. The van der Waals surface area contributed by atoms with Crippen LogP contribution in [-0.4, -0.2) is 40.9 Å². The molecule has 0 saturated heterocycles. The van der Waals surface area contributed by atoms with Crippen LogP contribution in [0.4, 0.5) is 0 Å². The number of carbonyl (C=O) groups excluding carboxylic acids is 1. The lowest BCUT2D eigenvalue weighted by Gasteiger charge is -2.08. The van der Waals surface area contributed by atoms with Crippen LogP contribution in [0, 0.1) is 0 Å². The third-order valence-corrected chi connectivity index (χ3v) is 5.22. The number of hydrogen-bond acceptors (Lipinski definition) is 6. The van der Waals surface area contributed by atoms with Crippen molar-refractivity contribution < 1.29 is 4.79 Å². The Morgan fingerprint density at radius 1 is 1.00 bits per heavy atom. The SMILES string of the molecule is CCCC(=O)n1nc(CCC)n(Cc2ccc(-c3cccc(-c4nnn[nH]4)c3)cc2)c1=O. The zero-order valence-electron chi connectivity index (χ0n) is 18.2. The molecule has 0 fully saturated rings. The van der Waals surface area contributed by atoms with Crippen molar-refractivity contribution in [2.75, 3.05) is 0 Å². The summed E-state index contributed by atoms with van der Waals surface area (Å²) in [4.78, 5) is 25.1. The molecule has 0 saturated carbocycles. The molecule has 4 rings (SSSR count). The van der Waals surface area contributed by atoms with Crippen molar-refractivity contribution >= 4 is 5.91 Å². The molecular weight excluding hydrogens is 406 g/mol. The summed E-state index contributed by atoms with van der Waals surface area (Å²) in [5.74, 6) is 0.992. The maximum absolute atomic E-state index is 12.8. The number of benzene rings is 2. The summed E-state index contributed by atoms with van der Waals surface area (Å²) in [6.45, 7) is 4.31. The van der Waals surface area contributed by atoms with E-state index in [2.05, 4.69) is 25.7 Å². The first-order chi connectivity index (χ1) is 15.6. The van der Waals surface area contributed by atoms with Gasteiger partial charge in [-0.25, -0.2) is 9.89 Å². The van der Waals surface area contributed by atoms with Crippen molar-refractivity contribution in [2.45, 2.75) is 46.1 Å². The molecule has 0 bridgehead atoms. The van der Waals surface area contributed by atoms with Crippen molar-refractivity contribution in [1.29, 1.82) is 0 Å². The molecule has 0 aliphatic heterocycles. The van der Waals surface area contributed by atoms with E-state index in [9.17, 15) is 9.59 Å². The second-order valence-electron chi connectivity index (χ2n) is 7.62. The highest BCUT2D eigenvalue weighted by Crippen LogP contribution is 2.24. The molecule has 0 amide bonds. The maximum Gasteiger partial charge on any atom is 0.353 e. The fraction of sp³-hybridized carbons (Fsp3) is 0.304. The highest BCUT2D eigenvalue weighted by atomic mass is 16.2. The summed E-state index contributed by atoms with van der Waals surface area (Å²) in [5, 5.41) is 18.3. The number of rotatable bonds is 8. The lowest BCUT2D eigenvalue weighted by molar-refractivity contribution is 0.0880. The number of tetrazole rings is 1. The molecule has 4 aromatic rings. The number of aromatic nitrogens is 7. The first-order valence-corrected chi connectivity index (χ1v) is 10.8. The molecule has 0 spiro atoms. The molecule has 32 heavy (non-hydrogen) atoms. The lowest BCUT2D eigenvalue weighted by Crippen LogP contribution is -2.30. The second kappa shape index (κ2) is 9.51. The molecule has 0 aliphatic carbocycles. The standard InChI is InChI=1S/C23H25N7O2/c1-3-6-20-26-30(21(31)7-4-2)23(32)29(20)15-16-10-12-17(13-11-16)18-8-5-9-19(14-18)22-24-27-28-25-22/h5,8-14H,3-4,6-7,15H2,1-2H3,(H,24,25,27,28). The van der Waals surface area contributed by atoms with Gasteiger partial charge >= 0.3 is 5.69 Å². The molecule has 0 unspecified atom stereocenters. The van der Waals surface area contributed by atoms with E-state index in [0.29, 0.717) is 37.5 Å². The van der Waals surface area contributed by atoms with E-state index in [1.807, 2.05) is 62.4 Å². The van der Waals surface area contributed by atoms with E-state index >= 15 is 0 Å². The van der Waals surface area contributed by atoms with Crippen LogP contribution in [0.5, 0.6) is 0 Å². The normalized spacial score (nSPS) is 11.1. The molecule has 9 heteroatoms.